The fourth-order valence-corrected chi connectivity index (χ4v) is 4.15. The van der Waals surface area contributed by atoms with Crippen LogP contribution in [0.5, 0.6) is 0 Å². The van der Waals surface area contributed by atoms with E-state index < -0.39 is 12.0 Å². The minimum atomic E-state index is -4.60. The van der Waals surface area contributed by atoms with Gasteiger partial charge in [0.2, 0.25) is 0 Å². The van der Waals surface area contributed by atoms with Crippen molar-refractivity contribution in [1.29, 1.82) is 0 Å². The third-order valence-electron chi connectivity index (χ3n) is 5.69. The third-order valence-corrected chi connectivity index (χ3v) is 5.69. The Balaban J connectivity index is 1.52. The first-order valence-electron chi connectivity index (χ1n) is 8.50. The quantitative estimate of drug-likeness (QED) is 0.761. The predicted octanol–water partition coefficient (Wildman–Crippen LogP) is 3.51. The summed E-state index contributed by atoms with van der Waals surface area (Å²) < 4.78 is 40.3. The van der Waals surface area contributed by atoms with Gasteiger partial charge in [0.15, 0.2) is 11.5 Å². The zero-order chi connectivity index (χ0) is 18.2. The molecule has 5 rings (SSSR count). The van der Waals surface area contributed by atoms with Crippen LogP contribution in [0.1, 0.15) is 34.0 Å². The third kappa shape index (κ3) is 2.07. The minimum absolute atomic E-state index is 0.140. The summed E-state index contributed by atoms with van der Waals surface area (Å²) in [6.45, 7) is 3.59. The molecule has 0 aliphatic heterocycles. The van der Waals surface area contributed by atoms with Gasteiger partial charge in [-0.15, -0.1) is 15.3 Å². The lowest BCUT2D eigenvalue weighted by Gasteiger charge is -2.14. The molecule has 1 aromatic carbocycles. The monoisotopic (exact) mass is 359 g/mol. The van der Waals surface area contributed by atoms with Gasteiger partial charge in [-0.2, -0.15) is 17.7 Å². The van der Waals surface area contributed by atoms with Crippen molar-refractivity contribution in [3.8, 4) is 0 Å². The summed E-state index contributed by atoms with van der Waals surface area (Å²) in [5.74, 6) is 0.260. The Labute approximate surface area is 147 Å². The highest BCUT2D eigenvalue weighted by Gasteiger charge is 2.56. The Kier molecular flexibility index (Phi) is 2.98. The van der Waals surface area contributed by atoms with Crippen molar-refractivity contribution >= 4 is 11.5 Å². The molecule has 3 atom stereocenters. The maximum absolute atomic E-state index is 13.2. The van der Waals surface area contributed by atoms with Gasteiger partial charge in [0.25, 0.3) is 5.82 Å². The summed E-state index contributed by atoms with van der Waals surface area (Å²) in [6, 6.07) is 8.56. The largest absolute Gasteiger partial charge is 0.453 e. The lowest BCUT2D eigenvalue weighted by Crippen LogP contribution is -2.17. The molecule has 2 heterocycles. The minimum Gasteiger partial charge on any atom is -0.365 e. The normalized spacial score (nSPS) is 23.8. The number of anilines is 1. The lowest BCUT2D eigenvalue weighted by atomic mass is 10.1. The smallest absolute Gasteiger partial charge is 0.365 e. The Hall–Kier alpha value is -2.64. The number of aromatic nitrogens is 4. The lowest BCUT2D eigenvalue weighted by molar-refractivity contribution is -0.146. The summed E-state index contributed by atoms with van der Waals surface area (Å²) in [5.41, 5.74) is 4.30. The summed E-state index contributed by atoms with van der Waals surface area (Å²) in [4.78, 5) is 0. The number of fused-ring (bicyclic) bond motifs is 4. The van der Waals surface area contributed by atoms with E-state index in [1.54, 1.807) is 6.92 Å². The van der Waals surface area contributed by atoms with E-state index in [2.05, 4.69) is 32.7 Å². The highest BCUT2D eigenvalue weighted by molar-refractivity contribution is 5.60. The molecule has 8 heteroatoms. The average molecular weight is 359 g/mol. The number of halogens is 3. The van der Waals surface area contributed by atoms with Gasteiger partial charge < -0.3 is 5.32 Å². The number of aryl methyl sites for hydroxylation is 1. The van der Waals surface area contributed by atoms with Crippen molar-refractivity contribution in [3.05, 3.63) is 52.3 Å². The topological polar surface area (TPSA) is 55.1 Å². The number of hydrogen-bond acceptors (Lipinski definition) is 4. The summed E-state index contributed by atoms with van der Waals surface area (Å²) in [5, 5.41) is 14.5. The van der Waals surface area contributed by atoms with Crippen LogP contribution >= 0.6 is 0 Å². The van der Waals surface area contributed by atoms with Gasteiger partial charge in [0.05, 0.1) is 0 Å². The molecule has 0 amide bonds. The van der Waals surface area contributed by atoms with Gasteiger partial charge in [-0.1, -0.05) is 24.3 Å². The Morgan fingerprint density at radius 1 is 1.12 bits per heavy atom. The highest BCUT2D eigenvalue weighted by Crippen LogP contribution is 2.57. The molecule has 1 saturated carbocycles. The maximum atomic E-state index is 13.2. The number of hydrogen-bond donors (Lipinski definition) is 1. The first kappa shape index (κ1) is 15.6. The maximum Gasteiger partial charge on any atom is 0.453 e. The molecule has 0 spiro atoms. The Bertz CT molecular complexity index is 1040. The zero-order valence-electron chi connectivity index (χ0n) is 14.2. The first-order valence-corrected chi connectivity index (χ1v) is 8.50. The molecule has 1 fully saturated rings. The molecule has 3 unspecified atom stereocenters. The van der Waals surface area contributed by atoms with Crippen LogP contribution in [0.25, 0.3) is 5.65 Å². The van der Waals surface area contributed by atoms with Crippen LogP contribution in [0.4, 0.5) is 19.0 Å². The standard InChI is InChI=1S/C18H16F3N5/c1-8-9(2)16-23-24-17(18(19,20)21)26(16)25-15(8)22-14-12-7-10-5-3-4-6-11(10)13(12)14/h3-6,12-14H,7H2,1-2H3,(H,22,25). The van der Waals surface area contributed by atoms with Crippen LogP contribution in [-0.4, -0.2) is 25.9 Å². The number of alkyl halides is 3. The molecule has 3 aromatic rings. The van der Waals surface area contributed by atoms with Crippen molar-refractivity contribution in [2.75, 3.05) is 5.32 Å². The molecule has 0 saturated heterocycles. The van der Waals surface area contributed by atoms with E-state index in [1.807, 2.05) is 19.1 Å². The molecule has 1 N–H and O–H groups in total. The molecule has 134 valence electrons. The van der Waals surface area contributed by atoms with Crippen molar-refractivity contribution in [1.82, 2.24) is 19.8 Å². The van der Waals surface area contributed by atoms with E-state index in [0.29, 0.717) is 23.2 Å². The fraction of sp³-hybridized carbons (Fsp3) is 0.389. The van der Waals surface area contributed by atoms with Gasteiger partial charge in [-0.3, -0.25) is 0 Å². The van der Waals surface area contributed by atoms with Crippen molar-refractivity contribution in [3.63, 3.8) is 0 Å². The molecule has 2 aliphatic carbocycles. The zero-order valence-corrected chi connectivity index (χ0v) is 14.2. The molecular weight excluding hydrogens is 343 g/mol. The second-order valence-corrected chi connectivity index (χ2v) is 7.12. The molecule has 2 aliphatic rings. The van der Waals surface area contributed by atoms with Crippen LogP contribution in [-0.2, 0) is 12.6 Å². The number of rotatable bonds is 2. The summed E-state index contributed by atoms with van der Waals surface area (Å²) >= 11 is 0. The van der Waals surface area contributed by atoms with Gasteiger partial charge in [-0.25, -0.2) is 0 Å². The van der Waals surface area contributed by atoms with Gasteiger partial charge in [-0.05, 0) is 42.9 Å². The number of nitrogens with zero attached hydrogens (tertiary/aromatic N) is 4. The second kappa shape index (κ2) is 4.96. The summed E-state index contributed by atoms with van der Waals surface area (Å²) in [6.07, 6.45) is -3.60. The molecule has 0 radical (unpaired) electrons. The first-order chi connectivity index (χ1) is 12.4. The van der Waals surface area contributed by atoms with Crippen LogP contribution in [0.3, 0.4) is 0 Å². The van der Waals surface area contributed by atoms with E-state index in [0.717, 1.165) is 16.5 Å². The van der Waals surface area contributed by atoms with Crippen molar-refractivity contribution in [2.45, 2.75) is 38.4 Å². The Morgan fingerprint density at radius 3 is 2.65 bits per heavy atom. The fourth-order valence-electron chi connectivity index (χ4n) is 4.15. The molecule has 5 nitrogen and oxygen atoms in total. The summed E-state index contributed by atoms with van der Waals surface area (Å²) in [7, 11) is 0. The number of benzene rings is 1. The van der Waals surface area contributed by atoms with Crippen LogP contribution < -0.4 is 5.32 Å². The van der Waals surface area contributed by atoms with Crippen molar-refractivity contribution in [2.24, 2.45) is 5.92 Å². The van der Waals surface area contributed by atoms with E-state index in [-0.39, 0.29) is 11.7 Å². The van der Waals surface area contributed by atoms with Gasteiger partial charge >= 0.3 is 6.18 Å². The van der Waals surface area contributed by atoms with Crippen LogP contribution in [0, 0.1) is 19.8 Å². The van der Waals surface area contributed by atoms with Gasteiger partial charge in [0.1, 0.15) is 0 Å². The second-order valence-electron chi connectivity index (χ2n) is 7.12. The van der Waals surface area contributed by atoms with E-state index in [9.17, 15) is 13.2 Å². The van der Waals surface area contributed by atoms with Crippen LogP contribution in [0.15, 0.2) is 24.3 Å². The molecule has 26 heavy (non-hydrogen) atoms. The average Bonchev–Trinajstić information content (AvgIpc) is 2.96. The molecular formula is C18H16F3N5. The molecule has 2 aromatic heterocycles. The molecule has 0 bridgehead atoms. The Morgan fingerprint density at radius 2 is 1.88 bits per heavy atom. The van der Waals surface area contributed by atoms with Crippen LogP contribution in [0.2, 0.25) is 0 Å². The van der Waals surface area contributed by atoms with Gasteiger partial charge in [0, 0.05) is 17.5 Å². The van der Waals surface area contributed by atoms with E-state index in [4.69, 9.17) is 0 Å². The van der Waals surface area contributed by atoms with E-state index in [1.165, 1.54) is 11.1 Å². The van der Waals surface area contributed by atoms with Crippen molar-refractivity contribution < 1.29 is 13.2 Å². The van der Waals surface area contributed by atoms with E-state index >= 15 is 0 Å². The number of nitrogens with one attached hydrogen (secondary N) is 1. The predicted molar refractivity (Wildman–Crippen MR) is 89.0 cm³/mol. The SMILES string of the molecule is Cc1c(NC2C3Cc4ccccc4C32)nn2c(C(F)(F)F)nnc2c1C. The highest BCUT2D eigenvalue weighted by atomic mass is 19.4.